The van der Waals surface area contributed by atoms with Crippen LogP contribution in [0.5, 0.6) is 5.88 Å². The molecule has 0 spiro atoms. The molecule has 170 valence electrons. The Morgan fingerprint density at radius 1 is 1.06 bits per heavy atom. The van der Waals surface area contributed by atoms with Gasteiger partial charge in [0.05, 0.1) is 15.7 Å². The van der Waals surface area contributed by atoms with Gasteiger partial charge in [-0.3, -0.25) is 15.0 Å². The van der Waals surface area contributed by atoms with Crippen molar-refractivity contribution in [3.05, 3.63) is 69.3 Å². The first-order valence-electron chi connectivity index (χ1n) is 10.5. The summed E-state index contributed by atoms with van der Waals surface area (Å²) in [5.41, 5.74) is 3.70. The highest BCUT2D eigenvalue weighted by molar-refractivity contribution is 6.40. The largest absolute Gasteiger partial charge is 0.455 e. The second-order valence-electron chi connectivity index (χ2n) is 9.25. The van der Waals surface area contributed by atoms with Crippen molar-refractivity contribution >= 4 is 46.4 Å². The average molecular weight is 484 g/mol. The van der Waals surface area contributed by atoms with Gasteiger partial charge in [0.25, 0.3) is 5.91 Å². The van der Waals surface area contributed by atoms with E-state index in [2.05, 4.69) is 60.4 Å². The van der Waals surface area contributed by atoms with Gasteiger partial charge in [-0.05, 0) is 63.1 Å². The number of nitrogens with one attached hydrogen (secondary N) is 2. The predicted molar refractivity (Wildman–Crippen MR) is 130 cm³/mol. The molecule has 0 radical (unpaired) electrons. The van der Waals surface area contributed by atoms with Crippen molar-refractivity contribution in [2.75, 3.05) is 16.9 Å². The summed E-state index contributed by atoms with van der Waals surface area (Å²) in [5.74, 6) is 0.223. The van der Waals surface area contributed by atoms with Crippen molar-refractivity contribution < 1.29 is 9.53 Å². The summed E-state index contributed by atoms with van der Waals surface area (Å²) in [6.45, 7) is 8.62. The molecule has 0 unspecified atom stereocenters. The molecule has 2 aliphatic rings. The van der Waals surface area contributed by atoms with Gasteiger partial charge in [-0.1, -0.05) is 35.3 Å². The smallest absolute Gasteiger partial charge is 0.268 e. The van der Waals surface area contributed by atoms with Crippen LogP contribution in [-0.2, 0) is 11.1 Å². The van der Waals surface area contributed by atoms with Crippen LogP contribution in [0.3, 0.4) is 0 Å². The van der Waals surface area contributed by atoms with Crippen LogP contribution in [0.25, 0.3) is 0 Å². The Kier molecular flexibility index (Phi) is 5.04. The van der Waals surface area contributed by atoms with Crippen molar-refractivity contribution in [1.82, 2.24) is 15.3 Å². The van der Waals surface area contributed by atoms with Gasteiger partial charge in [0.2, 0.25) is 11.8 Å². The van der Waals surface area contributed by atoms with Crippen LogP contribution in [0.15, 0.2) is 42.6 Å². The van der Waals surface area contributed by atoms with E-state index in [1.54, 1.807) is 18.2 Å². The van der Waals surface area contributed by atoms with Crippen LogP contribution >= 0.6 is 23.2 Å². The second-order valence-corrected chi connectivity index (χ2v) is 10.1. The predicted octanol–water partition coefficient (Wildman–Crippen LogP) is 5.60. The molecule has 2 N–H and O–H groups in total. The van der Waals surface area contributed by atoms with Gasteiger partial charge in [0.1, 0.15) is 5.56 Å². The minimum absolute atomic E-state index is 0.0560. The number of benzene rings is 2. The number of amides is 1. The molecule has 33 heavy (non-hydrogen) atoms. The summed E-state index contributed by atoms with van der Waals surface area (Å²) in [6, 6.07) is 11.3. The van der Waals surface area contributed by atoms with Gasteiger partial charge in [-0.2, -0.15) is 4.98 Å². The molecule has 0 saturated carbocycles. The van der Waals surface area contributed by atoms with Gasteiger partial charge in [0.15, 0.2) is 6.73 Å². The number of hydrogen-bond acceptors (Lipinski definition) is 6. The van der Waals surface area contributed by atoms with Crippen molar-refractivity contribution in [3.63, 3.8) is 0 Å². The summed E-state index contributed by atoms with van der Waals surface area (Å²) in [5, 5.41) is 7.61. The number of ether oxygens (including phenoxy) is 1. The SMILES string of the molecule is CC1(C)NC(C)(C)c2cc(Nc3ncc4c(n3)OCN(c3c(Cl)cccc3Cl)C4=O)ccc21. The number of anilines is 3. The molecular weight excluding hydrogens is 461 g/mol. The van der Waals surface area contributed by atoms with E-state index < -0.39 is 0 Å². The molecule has 0 saturated heterocycles. The molecule has 3 aromatic rings. The Bertz CT molecular complexity index is 1270. The molecule has 2 aliphatic heterocycles. The standard InChI is InChI=1S/C24H23Cl2N5O2/c1-23(2)15-9-8-13(10-16(15)24(3,4)30-23)28-22-27-11-14-20(29-22)33-12-31(21(14)32)19-17(25)6-5-7-18(19)26/h5-11,30H,12H2,1-4H3,(H,27,28,29). The molecule has 7 nitrogen and oxygen atoms in total. The molecule has 3 heterocycles. The number of hydrogen-bond donors (Lipinski definition) is 2. The normalized spacial score (nSPS) is 17.9. The minimum atomic E-state index is -0.328. The van der Waals surface area contributed by atoms with Crippen LogP contribution in [0.2, 0.25) is 10.0 Å². The van der Waals surface area contributed by atoms with Crippen molar-refractivity contribution in [2.45, 2.75) is 38.8 Å². The maximum absolute atomic E-state index is 13.1. The molecule has 1 aromatic heterocycles. The molecule has 9 heteroatoms. The van der Waals surface area contributed by atoms with Gasteiger partial charge in [0, 0.05) is 23.0 Å². The lowest BCUT2D eigenvalue weighted by Gasteiger charge is -2.29. The van der Waals surface area contributed by atoms with Crippen LogP contribution in [0, 0.1) is 0 Å². The third-order valence-corrected chi connectivity index (χ3v) is 6.62. The number of carbonyl (C=O) groups is 1. The fraction of sp³-hybridized carbons (Fsp3) is 0.292. The topological polar surface area (TPSA) is 79.4 Å². The maximum atomic E-state index is 13.1. The Labute approximate surface area is 202 Å². The van der Waals surface area contributed by atoms with E-state index in [1.165, 1.54) is 22.2 Å². The summed E-state index contributed by atoms with van der Waals surface area (Å²) in [6.07, 6.45) is 1.45. The molecule has 1 amide bonds. The minimum Gasteiger partial charge on any atom is -0.455 e. The zero-order chi connectivity index (χ0) is 23.5. The Hall–Kier alpha value is -2.87. The summed E-state index contributed by atoms with van der Waals surface area (Å²) in [7, 11) is 0. The summed E-state index contributed by atoms with van der Waals surface area (Å²) in [4.78, 5) is 23.2. The van der Waals surface area contributed by atoms with Crippen molar-refractivity contribution in [3.8, 4) is 5.88 Å². The monoisotopic (exact) mass is 483 g/mol. The first kappa shape index (κ1) is 21.9. The summed E-state index contributed by atoms with van der Waals surface area (Å²) < 4.78 is 5.77. The van der Waals surface area contributed by atoms with Gasteiger partial charge in [-0.15, -0.1) is 0 Å². The highest BCUT2D eigenvalue weighted by Crippen LogP contribution is 2.42. The third-order valence-electron chi connectivity index (χ3n) is 6.01. The fourth-order valence-corrected chi connectivity index (χ4v) is 5.26. The maximum Gasteiger partial charge on any atom is 0.268 e. The highest BCUT2D eigenvalue weighted by Gasteiger charge is 2.41. The van der Waals surface area contributed by atoms with Crippen LogP contribution in [0.1, 0.15) is 49.2 Å². The zero-order valence-electron chi connectivity index (χ0n) is 18.7. The third kappa shape index (κ3) is 3.70. The fourth-order valence-electron chi connectivity index (χ4n) is 4.65. The van der Waals surface area contributed by atoms with E-state index in [1.807, 2.05) is 6.07 Å². The Morgan fingerprint density at radius 3 is 2.48 bits per heavy atom. The molecular formula is C24H23Cl2N5O2. The second kappa shape index (κ2) is 7.58. The van der Waals surface area contributed by atoms with E-state index in [9.17, 15) is 4.79 Å². The van der Waals surface area contributed by atoms with E-state index in [0.29, 0.717) is 21.7 Å². The molecule has 0 atom stereocenters. The van der Waals surface area contributed by atoms with E-state index in [4.69, 9.17) is 27.9 Å². The number of rotatable bonds is 3. The van der Waals surface area contributed by atoms with Crippen LogP contribution < -0.4 is 20.3 Å². The number of aromatic nitrogens is 2. The van der Waals surface area contributed by atoms with Crippen LogP contribution in [-0.4, -0.2) is 22.6 Å². The quantitative estimate of drug-likeness (QED) is 0.504. The van der Waals surface area contributed by atoms with Crippen molar-refractivity contribution in [1.29, 1.82) is 0 Å². The van der Waals surface area contributed by atoms with Gasteiger partial charge in [-0.25, -0.2) is 4.98 Å². The van der Waals surface area contributed by atoms with E-state index in [-0.39, 0.29) is 35.2 Å². The number of fused-ring (bicyclic) bond motifs is 2. The molecule has 2 aromatic carbocycles. The number of para-hydroxylation sites is 1. The average Bonchev–Trinajstić information content (AvgIpc) is 2.93. The highest BCUT2D eigenvalue weighted by atomic mass is 35.5. The first-order valence-corrected chi connectivity index (χ1v) is 11.3. The Morgan fingerprint density at radius 2 is 1.76 bits per heavy atom. The number of carbonyl (C=O) groups excluding carboxylic acids is 1. The summed E-state index contributed by atoms with van der Waals surface area (Å²) >= 11 is 12.5. The van der Waals surface area contributed by atoms with E-state index in [0.717, 1.165) is 5.69 Å². The number of halogens is 2. The van der Waals surface area contributed by atoms with Crippen molar-refractivity contribution in [2.24, 2.45) is 0 Å². The van der Waals surface area contributed by atoms with Crippen LogP contribution in [0.4, 0.5) is 17.3 Å². The lowest BCUT2D eigenvalue weighted by atomic mass is 9.90. The zero-order valence-corrected chi connectivity index (χ0v) is 20.2. The molecule has 0 aliphatic carbocycles. The lowest BCUT2D eigenvalue weighted by molar-refractivity contribution is 0.0932. The number of nitrogens with zero attached hydrogens (tertiary/aromatic N) is 3. The van der Waals surface area contributed by atoms with E-state index >= 15 is 0 Å². The molecule has 5 rings (SSSR count). The van der Waals surface area contributed by atoms with Gasteiger partial charge < -0.3 is 10.1 Å². The molecule has 0 fully saturated rings. The lowest BCUT2D eigenvalue weighted by Crippen LogP contribution is -2.39. The first-order chi connectivity index (χ1) is 15.6. The Balaban J connectivity index is 1.42. The van der Waals surface area contributed by atoms with Gasteiger partial charge >= 0.3 is 0 Å². The molecule has 0 bridgehead atoms.